The largest absolute Gasteiger partial charge is 0.465 e. The van der Waals surface area contributed by atoms with E-state index >= 15 is 0 Å². The second-order valence-electron chi connectivity index (χ2n) is 2.62. The van der Waals surface area contributed by atoms with Gasteiger partial charge in [-0.3, -0.25) is 0 Å². The molecule has 0 bridgehead atoms. The van der Waals surface area contributed by atoms with Crippen molar-refractivity contribution in [2.45, 2.75) is 13.0 Å². The van der Waals surface area contributed by atoms with E-state index in [2.05, 4.69) is 0 Å². The molecule has 0 saturated carbocycles. The zero-order valence-electron chi connectivity index (χ0n) is 7.10. The first-order valence-corrected chi connectivity index (χ1v) is 3.93. The molecule has 1 heterocycles. The van der Waals surface area contributed by atoms with Gasteiger partial charge >= 0.3 is 0 Å². The molecule has 0 aliphatic carbocycles. The lowest BCUT2D eigenvalue weighted by Crippen LogP contribution is -2.09. The van der Waals surface area contributed by atoms with E-state index in [-0.39, 0.29) is 6.04 Å². The molecule has 2 heteroatoms. The second-order valence-corrected chi connectivity index (χ2v) is 2.62. The van der Waals surface area contributed by atoms with E-state index in [1.165, 1.54) is 0 Å². The molecule has 64 valence electrons. The summed E-state index contributed by atoms with van der Waals surface area (Å²) in [5.41, 5.74) is 5.51. The van der Waals surface area contributed by atoms with Crippen LogP contribution in [-0.2, 0) is 0 Å². The van der Waals surface area contributed by atoms with E-state index in [1.54, 1.807) is 6.26 Å². The van der Waals surface area contributed by atoms with Gasteiger partial charge in [0.25, 0.3) is 0 Å². The first kappa shape index (κ1) is 8.81. The van der Waals surface area contributed by atoms with Crippen LogP contribution in [0.3, 0.4) is 0 Å². The Morgan fingerprint density at radius 1 is 1.50 bits per heavy atom. The van der Waals surface area contributed by atoms with E-state index in [4.69, 9.17) is 10.2 Å². The monoisotopic (exact) mass is 163 g/mol. The van der Waals surface area contributed by atoms with Crippen molar-refractivity contribution < 1.29 is 4.42 Å². The van der Waals surface area contributed by atoms with Crippen molar-refractivity contribution in [3.05, 3.63) is 42.4 Å². The van der Waals surface area contributed by atoms with Crippen LogP contribution in [0, 0.1) is 0 Å². The van der Waals surface area contributed by atoms with Gasteiger partial charge in [0.15, 0.2) is 0 Å². The van der Waals surface area contributed by atoms with E-state index < -0.39 is 0 Å². The Morgan fingerprint density at radius 3 is 2.92 bits per heavy atom. The van der Waals surface area contributed by atoms with E-state index in [1.807, 2.05) is 43.4 Å². The zero-order valence-corrected chi connectivity index (χ0v) is 7.10. The molecule has 2 nitrogen and oxygen atoms in total. The van der Waals surface area contributed by atoms with Crippen molar-refractivity contribution in [1.82, 2.24) is 0 Å². The normalized spacial score (nSPS) is 14.5. The van der Waals surface area contributed by atoms with Crippen LogP contribution >= 0.6 is 0 Å². The highest BCUT2D eigenvalue weighted by Crippen LogP contribution is 2.01. The van der Waals surface area contributed by atoms with Crippen LogP contribution in [0.4, 0.5) is 0 Å². The number of hydrogen-bond acceptors (Lipinski definition) is 2. The van der Waals surface area contributed by atoms with Gasteiger partial charge in [-0.15, -0.1) is 0 Å². The summed E-state index contributed by atoms with van der Waals surface area (Å²) in [6, 6.07) is 3.86. The quantitative estimate of drug-likeness (QED) is 0.694. The predicted molar refractivity (Wildman–Crippen MR) is 50.5 cm³/mol. The Bertz CT molecular complexity index is 257. The van der Waals surface area contributed by atoms with Crippen LogP contribution < -0.4 is 5.73 Å². The smallest absolute Gasteiger partial charge is 0.126 e. The summed E-state index contributed by atoms with van der Waals surface area (Å²) in [5.74, 6) is 0.851. The Morgan fingerprint density at radius 2 is 2.33 bits per heavy atom. The third kappa shape index (κ3) is 3.21. The average Bonchev–Trinajstić information content (AvgIpc) is 2.49. The highest BCUT2D eigenvalue weighted by atomic mass is 16.3. The fraction of sp³-hybridized carbons (Fsp3) is 0.200. The molecule has 2 N–H and O–H groups in total. The van der Waals surface area contributed by atoms with Gasteiger partial charge < -0.3 is 10.2 Å². The predicted octanol–water partition coefficient (Wildman–Crippen LogP) is 2.20. The van der Waals surface area contributed by atoms with Gasteiger partial charge in [-0.25, -0.2) is 0 Å². The number of furan rings is 1. The van der Waals surface area contributed by atoms with Gasteiger partial charge in [0.2, 0.25) is 0 Å². The summed E-state index contributed by atoms with van der Waals surface area (Å²) < 4.78 is 5.09. The molecule has 0 spiro atoms. The minimum Gasteiger partial charge on any atom is -0.465 e. The van der Waals surface area contributed by atoms with Crippen LogP contribution in [0.5, 0.6) is 0 Å². The first-order valence-electron chi connectivity index (χ1n) is 3.93. The molecule has 0 aliphatic heterocycles. The summed E-state index contributed by atoms with van der Waals surface area (Å²) >= 11 is 0. The highest BCUT2D eigenvalue weighted by Gasteiger charge is 1.84. The fourth-order valence-electron chi connectivity index (χ4n) is 0.776. The van der Waals surface area contributed by atoms with E-state index in [0.717, 1.165) is 5.76 Å². The Balaban J connectivity index is 2.42. The molecule has 0 aliphatic rings. The zero-order chi connectivity index (χ0) is 8.81. The summed E-state index contributed by atoms with van der Waals surface area (Å²) in [7, 11) is 0. The van der Waals surface area contributed by atoms with Gasteiger partial charge in [-0.2, -0.15) is 0 Å². The van der Waals surface area contributed by atoms with E-state index in [0.29, 0.717) is 0 Å². The van der Waals surface area contributed by atoms with Crippen molar-refractivity contribution in [2.24, 2.45) is 5.73 Å². The SMILES string of the molecule is CC(N)/C=C/C=C/c1ccco1. The van der Waals surface area contributed by atoms with Crippen LogP contribution in [0.15, 0.2) is 41.0 Å². The number of rotatable bonds is 3. The molecule has 12 heavy (non-hydrogen) atoms. The molecule has 0 amide bonds. The van der Waals surface area contributed by atoms with Crippen LogP contribution in [0.2, 0.25) is 0 Å². The number of nitrogens with two attached hydrogens (primary N) is 1. The van der Waals surface area contributed by atoms with Gasteiger partial charge in [0.1, 0.15) is 5.76 Å². The minimum atomic E-state index is 0.103. The number of hydrogen-bond donors (Lipinski definition) is 1. The van der Waals surface area contributed by atoms with Crippen molar-refractivity contribution in [1.29, 1.82) is 0 Å². The Kier molecular flexibility index (Phi) is 3.35. The second kappa shape index (κ2) is 4.57. The molecular weight excluding hydrogens is 150 g/mol. The number of allylic oxidation sites excluding steroid dienone is 2. The Hall–Kier alpha value is -1.28. The van der Waals surface area contributed by atoms with Crippen LogP contribution in [0.25, 0.3) is 6.08 Å². The van der Waals surface area contributed by atoms with Gasteiger partial charge in [0, 0.05) is 6.04 Å². The third-order valence-corrected chi connectivity index (χ3v) is 1.33. The maximum absolute atomic E-state index is 5.51. The lowest BCUT2D eigenvalue weighted by atomic mass is 10.3. The molecule has 1 unspecified atom stereocenters. The van der Waals surface area contributed by atoms with Gasteiger partial charge in [0.05, 0.1) is 6.26 Å². The summed E-state index contributed by atoms with van der Waals surface area (Å²) in [4.78, 5) is 0. The molecule has 0 fully saturated rings. The molecule has 1 atom stereocenters. The van der Waals surface area contributed by atoms with E-state index in [9.17, 15) is 0 Å². The summed E-state index contributed by atoms with van der Waals surface area (Å²) in [5, 5.41) is 0. The van der Waals surface area contributed by atoms with Crippen molar-refractivity contribution >= 4 is 6.08 Å². The molecule has 1 rings (SSSR count). The standard InChI is InChI=1S/C10H13NO/c1-9(11)5-2-3-6-10-7-4-8-12-10/h2-9H,11H2,1H3/b5-2+,6-3+. The van der Waals surface area contributed by atoms with Crippen LogP contribution in [0.1, 0.15) is 12.7 Å². The maximum atomic E-state index is 5.51. The average molecular weight is 163 g/mol. The first-order chi connectivity index (χ1) is 5.79. The molecule has 1 aromatic rings. The third-order valence-electron chi connectivity index (χ3n) is 1.33. The summed E-state index contributed by atoms with van der Waals surface area (Å²) in [6.45, 7) is 1.93. The maximum Gasteiger partial charge on any atom is 0.126 e. The molecule has 0 radical (unpaired) electrons. The fourth-order valence-corrected chi connectivity index (χ4v) is 0.776. The molecule has 1 aromatic heterocycles. The summed E-state index contributed by atoms with van der Waals surface area (Å²) in [6.07, 6.45) is 9.27. The van der Waals surface area contributed by atoms with Crippen molar-refractivity contribution in [3.63, 3.8) is 0 Å². The molecule has 0 aromatic carbocycles. The van der Waals surface area contributed by atoms with Crippen LogP contribution in [-0.4, -0.2) is 6.04 Å². The molecular formula is C10H13NO. The lowest BCUT2D eigenvalue weighted by molar-refractivity contribution is 0.557. The topological polar surface area (TPSA) is 39.2 Å². The van der Waals surface area contributed by atoms with Crippen molar-refractivity contribution in [2.75, 3.05) is 0 Å². The minimum absolute atomic E-state index is 0.103. The lowest BCUT2D eigenvalue weighted by Gasteiger charge is -1.89. The Labute approximate surface area is 72.4 Å². The van der Waals surface area contributed by atoms with Gasteiger partial charge in [-0.05, 0) is 25.1 Å². The highest BCUT2D eigenvalue weighted by molar-refractivity contribution is 5.44. The van der Waals surface area contributed by atoms with Gasteiger partial charge in [-0.1, -0.05) is 18.2 Å². The van der Waals surface area contributed by atoms with Crippen molar-refractivity contribution in [3.8, 4) is 0 Å². The molecule has 0 saturated heterocycles.